The lowest BCUT2D eigenvalue weighted by Crippen LogP contribution is -2.25. The highest BCUT2D eigenvalue weighted by atomic mass is 32.2. The first kappa shape index (κ1) is 15.0. The first-order chi connectivity index (χ1) is 9.70. The van der Waals surface area contributed by atoms with Crippen LogP contribution in [-0.2, 0) is 15.5 Å². The number of rotatable bonds is 6. The number of ether oxygens (including phenoxy) is 2. The molecule has 1 aliphatic heterocycles. The van der Waals surface area contributed by atoms with Gasteiger partial charge in [0.05, 0.1) is 29.6 Å². The molecule has 1 saturated heterocycles. The van der Waals surface area contributed by atoms with Gasteiger partial charge < -0.3 is 9.47 Å². The Kier molecular flexibility index (Phi) is 5.57. The van der Waals surface area contributed by atoms with Gasteiger partial charge in [-0.2, -0.15) is 5.26 Å². The summed E-state index contributed by atoms with van der Waals surface area (Å²) in [6.07, 6.45) is 1.73. The third-order valence-electron chi connectivity index (χ3n) is 3.37. The third kappa shape index (κ3) is 4.06. The van der Waals surface area contributed by atoms with Crippen molar-refractivity contribution in [3.8, 4) is 11.8 Å². The summed E-state index contributed by atoms with van der Waals surface area (Å²) in [6, 6.07) is 9.15. The second kappa shape index (κ2) is 7.41. The Morgan fingerprint density at radius 2 is 2.40 bits per heavy atom. The molecular weight excluding hydrogens is 274 g/mol. The number of hydrogen-bond donors (Lipinski definition) is 0. The van der Waals surface area contributed by atoms with E-state index in [1.807, 2.05) is 13.0 Å². The van der Waals surface area contributed by atoms with Crippen molar-refractivity contribution < 1.29 is 13.7 Å². The standard InChI is InChI=1S/C15H19NO3S/c1-12-15(6-8-18-12)20(17)9-3-7-19-14-5-2-4-13(10-14)11-16/h2,4-5,10,12,15H,3,6-9H2,1H3. The van der Waals surface area contributed by atoms with Gasteiger partial charge in [-0.1, -0.05) is 6.07 Å². The molecule has 1 aromatic rings. The summed E-state index contributed by atoms with van der Waals surface area (Å²) in [7, 11) is -0.847. The summed E-state index contributed by atoms with van der Waals surface area (Å²) >= 11 is 0. The molecule has 2 rings (SSSR count). The SMILES string of the molecule is CC1OCCC1S(=O)CCCOc1cccc(C#N)c1. The molecule has 3 atom stereocenters. The third-order valence-corrected chi connectivity index (χ3v) is 5.35. The fourth-order valence-corrected chi connectivity index (χ4v) is 3.83. The zero-order chi connectivity index (χ0) is 14.4. The molecule has 0 saturated carbocycles. The minimum absolute atomic E-state index is 0.101. The highest BCUT2D eigenvalue weighted by Crippen LogP contribution is 2.19. The monoisotopic (exact) mass is 293 g/mol. The zero-order valence-corrected chi connectivity index (χ0v) is 12.4. The van der Waals surface area contributed by atoms with E-state index in [1.54, 1.807) is 18.2 Å². The molecule has 0 amide bonds. The average Bonchev–Trinajstić information content (AvgIpc) is 2.90. The van der Waals surface area contributed by atoms with Crippen LogP contribution in [0.15, 0.2) is 24.3 Å². The smallest absolute Gasteiger partial charge is 0.120 e. The van der Waals surface area contributed by atoms with Crippen LogP contribution in [0.2, 0.25) is 0 Å². The maximum atomic E-state index is 12.1. The molecule has 0 spiro atoms. The number of hydrogen-bond acceptors (Lipinski definition) is 4. The second-order valence-corrected chi connectivity index (χ2v) is 6.60. The molecule has 1 aliphatic rings. The van der Waals surface area contributed by atoms with Crippen LogP contribution in [0.25, 0.3) is 0 Å². The van der Waals surface area contributed by atoms with Crippen LogP contribution in [-0.4, -0.2) is 34.5 Å². The zero-order valence-electron chi connectivity index (χ0n) is 11.6. The van der Waals surface area contributed by atoms with Gasteiger partial charge in [0, 0.05) is 23.2 Å². The van der Waals surface area contributed by atoms with Crippen molar-refractivity contribution in [3.05, 3.63) is 29.8 Å². The van der Waals surface area contributed by atoms with Crippen molar-refractivity contribution in [2.75, 3.05) is 19.0 Å². The van der Waals surface area contributed by atoms with Gasteiger partial charge in [0.15, 0.2) is 0 Å². The van der Waals surface area contributed by atoms with E-state index in [4.69, 9.17) is 14.7 Å². The summed E-state index contributed by atoms with van der Waals surface area (Å²) in [4.78, 5) is 0. The first-order valence-corrected chi connectivity index (χ1v) is 8.20. The fraction of sp³-hybridized carbons (Fsp3) is 0.533. The van der Waals surface area contributed by atoms with Gasteiger partial charge in [-0.25, -0.2) is 0 Å². The van der Waals surface area contributed by atoms with E-state index in [0.717, 1.165) is 19.4 Å². The summed E-state index contributed by atoms with van der Waals surface area (Å²) in [6.45, 7) is 3.22. The van der Waals surface area contributed by atoms with Crippen molar-refractivity contribution in [3.63, 3.8) is 0 Å². The van der Waals surface area contributed by atoms with Gasteiger partial charge in [-0.3, -0.25) is 4.21 Å². The Morgan fingerprint density at radius 3 is 3.10 bits per heavy atom. The van der Waals surface area contributed by atoms with Gasteiger partial charge in [0.25, 0.3) is 0 Å². The Balaban J connectivity index is 1.71. The van der Waals surface area contributed by atoms with E-state index < -0.39 is 10.8 Å². The maximum Gasteiger partial charge on any atom is 0.120 e. The van der Waals surface area contributed by atoms with Crippen LogP contribution < -0.4 is 4.74 Å². The summed E-state index contributed by atoms with van der Waals surface area (Å²) in [5.74, 6) is 1.32. The van der Waals surface area contributed by atoms with Crippen LogP contribution in [0.1, 0.15) is 25.3 Å². The molecule has 4 nitrogen and oxygen atoms in total. The van der Waals surface area contributed by atoms with Gasteiger partial charge >= 0.3 is 0 Å². The summed E-state index contributed by atoms with van der Waals surface area (Å²) < 4.78 is 23.1. The van der Waals surface area contributed by atoms with Crippen LogP contribution in [0.4, 0.5) is 0 Å². The van der Waals surface area contributed by atoms with Crippen molar-refractivity contribution in [2.24, 2.45) is 0 Å². The molecule has 0 aliphatic carbocycles. The molecule has 0 aromatic heterocycles. The molecule has 1 fully saturated rings. The molecule has 0 bridgehead atoms. The van der Waals surface area contributed by atoms with Gasteiger partial charge in [0.1, 0.15) is 5.75 Å². The topological polar surface area (TPSA) is 59.3 Å². The van der Waals surface area contributed by atoms with E-state index in [2.05, 4.69) is 6.07 Å². The van der Waals surface area contributed by atoms with Crippen molar-refractivity contribution in [1.82, 2.24) is 0 Å². The van der Waals surface area contributed by atoms with Crippen LogP contribution in [0.5, 0.6) is 5.75 Å². The molecule has 1 aromatic carbocycles. The highest BCUT2D eigenvalue weighted by Gasteiger charge is 2.28. The average molecular weight is 293 g/mol. The van der Waals surface area contributed by atoms with Crippen LogP contribution in [0, 0.1) is 11.3 Å². The van der Waals surface area contributed by atoms with E-state index >= 15 is 0 Å². The van der Waals surface area contributed by atoms with Gasteiger partial charge in [0.2, 0.25) is 0 Å². The van der Waals surface area contributed by atoms with E-state index in [9.17, 15) is 4.21 Å². The van der Waals surface area contributed by atoms with Crippen molar-refractivity contribution in [1.29, 1.82) is 5.26 Å². The lowest BCUT2D eigenvalue weighted by molar-refractivity contribution is 0.127. The minimum Gasteiger partial charge on any atom is -0.494 e. The van der Waals surface area contributed by atoms with E-state index in [-0.39, 0.29) is 11.4 Å². The van der Waals surface area contributed by atoms with Crippen LogP contribution in [0.3, 0.4) is 0 Å². The number of nitrogens with zero attached hydrogens (tertiary/aromatic N) is 1. The summed E-state index contributed by atoms with van der Waals surface area (Å²) in [5, 5.41) is 8.96. The molecular formula is C15H19NO3S. The number of nitriles is 1. The molecule has 20 heavy (non-hydrogen) atoms. The maximum absolute atomic E-state index is 12.1. The molecule has 3 unspecified atom stereocenters. The predicted molar refractivity (Wildman–Crippen MR) is 78.1 cm³/mol. The molecule has 1 heterocycles. The largest absolute Gasteiger partial charge is 0.494 e. The lowest BCUT2D eigenvalue weighted by atomic mass is 10.2. The van der Waals surface area contributed by atoms with Gasteiger partial charge in [-0.05, 0) is 38.0 Å². The van der Waals surface area contributed by atoms with Crippen LogP contribution >= 0.6 is 0 Å². The van der Waals surface area contributed by atoms with Crippen molar-refractivity contribution >= 4 is 10.8 Å². The number of benzene rings is 1. The Hall–Kier alpha value is -1.38. The normalized spacial score (nSPS) is 23.2. The predicted octanol–water partition coefficient (Wildman–Crippen LogP) is 2.25. The quantitative estimate of drug-likeness (QED) is 0.755. The van der Waals surface area contributed by atoms with E-state index in [1.165, 1.54) is 0 Å². The lowest BCUT2D eigenvalue weighted by Gasteiger charge is -2.13. The molecule has 5 heteroatoms. The minimum atomic E-state index is -0.847. The Morgan fingerprint density at radius 1 is 1.55 bits per heavy atom. The van der Waals surface area contributed by atoms with Gasteiger partial charge in [-0.15, -0.1) is 0 Å². The Bertz CT molecular complexity index is 512. The van der Waals surface area contributed by atoms with Crippen molar-refractivity contribution in [2.45, 2.75) is 31.1 Å². The molecule has 108 valence electrons. The Labute approximate surface area is 122 Å². The fourth-order valence-electron chi connectivity index (χ4n) is 2.26. The highest BCUT2D eigenvalue weighted by molar-refractivity contribution is 7.85. The second-order valence-electron chi connectivity index (χ2n) is 4.83. The first-order valence-electron chi connectivity index (χ1n) is 6.82. The van der Waals surface area contributed by atoms with E-state index in [0.29, 0.717) is 23.7 Å². The molecule has 0 N–H and O–H groups in total. The summed E-state index contributed by atoms with van der Waals surface area (Å²) in [5.41, 5.74) is 0.586. The molecule has 0 radical (unpaired) electrons.